The van der Waals surface area contributed by atoms with E-state index in [1.54, 1.807) is 0 Å². The van der Waals surface area contributed by atoms with Gasteiger partial charge in [-0.15, -0.1) is 0 Å². The van der Waals surface area contributed by atoms with E-state index in [1.165, 1.54) is 90.5 Å². The van der Waals surface area contributed by atoms with E-state index in [0.29, 0.717) is 6.61 Å². The van der Waals surface area contributed by atoms with Crippen LogP contribution in [0.2, 0.25) is 0 Å². The Morgan fingerprint density at radius 1 is 0.526 bits per heavy atom. The summed E-state index contributed by atoms with van der Waals surface area (Å²) in [4.78, 5) is 0. The summed E-state index contributed by atoms with van der Waals surface area (Å²) in [5.74, 6) is 0. The van der Waals surface area contributed by atoms with Crippen LogP contribution in [0.1, 0.15) is 96.8 Å². The number of hydrogen-bond donors (Lipinski definition) is 2. The molecule has 0 aliphatic rings. The molecular weight excluding hydrogens is 234 g/mol. The molecule has 0 heterocycles. The van der Waals surface area contributed by atoms with Gasteiger partial charge in [-0.05, 0) is 13.5 Å². The Balaban J connectivity index is 0. The van der Waals surface area contributed by atoms with E-state index in [4.69, 9.17) is 5.11 Å². The van der Waals surface area contributed by atoms with Crippen LogP contribution in [-0.2, 0) is 0 Å². The van der Waals surface area contributed by atoms with Crippen LogP contribution in [0.3, 0.4) is 0 Å². The molecule has 0 amide bonds. The van der Waals surface area contributed by atoms with Gasteiger partial charge in [-0.2, -0.15) is 0 Å². The van der Waals surface area contributed by atoms with E-state index < -0.39 is 0 Å². The molecule has 118 valence electrons. The topological polar surface area (TPSA) is 46.2 Å². The second-order valence-electron chi connectivity index (χ2n) is 5.32. The van der Waals surface area contributed by atoms with Gasteiger partial charge in [0.2, 0.25) is 0 Å². The van der Waals surface area contributed by atoms with E-state index in [1.807, 2.05) is 0 Å². The Morgan fingerprint density at radius 2 is 0.789 bits per heavy atom. The predicted octanol–water partition coefficient (Wildman–Crippen LogP) is 5.03. The maximum absolute atomic E-state index is 8.64. The SMILES string of the molecule is CCCCCCCCCCCCCCCCO.CN. The molecule has 0 aliphatic carbocycles. The maximum atomic E-state index is 8.64. The van der Waals surface area contributed by atoms with Crippen molar-refractivity contribution in [3.8, 4) is 0 Å². The second-order valence-corrected chi connectivity index (χ2v) is 5.32. The third-order valence-electron chi connectivity index (χ3n) is 3.51. The summed E-state index contributed by atoms with van der Waals surface area (Å²) in [6.07, 6.45) is 19.2. The number of rotatable bonds is 14. The van der Waals surface area contributed by atoms with E-state index in [-0.39, 0.29) is 0 Å². The highest BCUT2D eigenvalue weighted by Gasteiger charge is 1.93. The quantitative estimate of drug-likeness (QED) is 0.436. The minimum Gasteiger partial charge on any atom is -0.396 e. The number of unbranched alkanes of at least 4 members (excludes halogenated alkanes) is 13. The molecule has 0 saturated carbocycles. The van der Waals surface area contributed by atoms with Crippen LogP contribution in [0.15, 0.2) is 0 Å². The first-order valence-electron chi connectivity index (χ1n) is 8.60. The lowest BCUT2D eigenvalue weighted by atomic mass is 10.0. The molecule has 0 aromatic heterocycles. The van der Waals surface area contributed by atoms with Crippen molar-refractivity contribution in [3.63, 3.8) is 0 Å². The lowest BCUT2D eigenvalue weighted by Gasteiger charge is -2.02. The van der Waals surface area contributed by atoms with Crippen molar-refractivity contribution in [2.75, 3.05) is 13.7 Å². The largest absolute Gasteiger partial charge is 0.396 e. The zero-order valence-electron chi connectivity index (χ0n) is 13.6. The van der Waals surface area contributed by atoms with E-state index >= 15 is 0 Å². The molecule has 0 fully saturated rings. The first kappa shape index (κ1) is 21.2. The molecule has 2 nitrogen and oxygen atoms in total. The summed E-state index contributed by atoms with van der Waals surface area (Å²) in [7, 11) is 1.50. The van der Waals surface area contributed by atoms with Crippen molar-refractivity contribution in [2.24, 2.45) is 5.73 Å². The number of aliphatic hydroxyl groups excluding tert-OH is 1. The van der Waals surface area contributed by atoms with Crippen molar-refractivity contribution in [1.82, 2.24) is 0 Å². The fraction of sp³-hybridized carbons (Fsp3) is 1.00. The third kappa shape index (κ3) is 23.4. The first-order chi connectivity index (χ1) is 9.41. The minimum absolute atomic E-state index is 0.373. The summed E-state index contributed by atoms with van der Waals surface area (Å²) in [5, 5.41) is 8.64. The highest BCUT2D eigenvalue weighted by atomic mass is 16.2. The number of nitrogens with two attached hydrogens (primary N) is 1. The minimum atomic E-state index is 0.373. The average molecular weight is 274 g/mol. The normalized spacial score (nSPS) is 10.1. The van der Waals surface area contributed by atoms with Gasteiger partial charge in [0.15, 0.2) is 0 Å². The molecule has 0 unspecified atom stereocenters. The van der Waals surface area contributed by atoms with Gasteiger partial charge in [0.1, 0.15) is 0 Å². The summed E-state index contributed by atoms with van der Waals surface area (Å²) in [6, 6.07) is 0. The Morgan fingerprint density at radius 3 is 1.05 bits per heavy atom. The fourth-order valence-electron chi connectivity index (χ4n) is 2.31. The zero-order valence-corrected chi connectivity index (χ0v) is 13.6. The maximum Gasteiger partial charge on any atom is 0.0431 e. The molecular formula is C17H39NO. The van der Waals surface area contributed by atoms with E-state index in [9.17, 15) is 0 Å². The molecule has 0 aliphatic heterocycles. The monoisotopic (exact) mass is 273 g/mol. The second kappa shape index (κ2) is 23.0. The van der Waals surface area contributed by atoms with Gasteiger partial charge in [0.05, 0.1) is 0 Å². The summed E-state index contributed by atoms with van der Waals surface area (Å²) in [6.45, 7) is 2.65. The standard InChI is InChI=1S/C16H34O.CH5N/c1-2-3-4-5-6-7-8-9-10-11-12-13-14-15-16-17;1-2/h17H,2-16H2,1H3;2H2,1H3. The lowest BCUT2D eigenvalue weighted by molar-refractivity contribution is 0.282. The van der Waals surface area contributed by atoms with E-state index in [0.717, 1.165) is 6.42 Å². The van der Waals surface area contributed by atoms with Crippen molar-refractivity contribution >= 4 is 0 Å². The molecule has 0 spiro atoms. The lowest BCUT2D eigenvalue weighted by Crippen LogP contribution is -1.84. The number of hydrogen-bond acceptors (Lipinski definition) is 2. The zero-order chi connectivity index (χ0) is 14.6. The van der Waals surface area contributed by atoms with Gasteiger partial charge in [0, 0.05) is 6.61 Å². The van der Waals surface area contributed by atoms with Crippen LogP contribution < -0.4 is 5.73 Å². The third-order valence-corrected chi connectivity index (χ3v) is 3.51. The Labute approximate surface area is 122 Å². The van der Waals surface area contributed by atoms with Gasteiger partial charge < -0.3 is 10.8 Å². The highest BCUT2D eigenvalue weighted by molar-refractivity contribution is 4.48. The molecule has 0 aromatic rings. The van der Waals surface area contributed by atoms with Gasteiger partial charge >= 0.3 is 0 Å². The molecule has 19 heavy (non-hydrogen) atoms. The summed E-state index contributed by atoms with van der Waals surface area (Å²) >= 11 is 0. The molecule has 2 heteroatoms. The average Bonchev–Trinajstić information content (AvgIpc) is 2.46. The van der Waals surface area contributed by atoms with Gasteiger partial charge in [-0.25, -0.2) is 0 Å². The molecule has 0 rings (SSSR count). The fourth-order valence-corrected chi connectivity index (χ4v) is 2.31. The van der Waals surface area contributed by atoms with Crippen LogP contribution >= 0.6 is 0 Å². The Bertz CT molecular complexity index is 114. The first-order valence-corrected chi connectivity index (χ1v) is 8.60. The van der Waals surface area contributed by atoms with Crippen LogP contribution in [0, 0.1) is 0 Å². The van der Waals surface area contributed by atoms with Crippen molar-refractivity contribution in [2.45, 2.75) is 96.8 Å². The van der Waals surface area contributed by atoms with Crippen molar-refractivity contribution in [1.29, 1.82) is 0 Å². The van der Waals surface area contributed by atoms with Gasteiger partial charge in [0.25, 0.3) is 0 Å². The van der Waals surface area contributed by atoms with Crippen molar-refractivity contribution in [3.05, 3.63) is 0 Å². The van der Waals surface area contributed by atoms with E-state index in [2.05, 4.69) is 12.7 Å². The smallest absolute Gasteiger partial charge is 0.0431 e. The van der Waals surface area contributed by atoms with Crippen LogP contribution in [0.5, 0.6) is 0 Å². The Hall–Kier alpha value is -0.0800. The van der Waals surface area contributed by atoms with Crippen LogP contribution in [-0.4, -0.2) is 18.8 Å². The molecule has 0 atom stereocenters. The summed E-state index contributed by atoms with van der Waals surface area (Å²) in [5.41, 5.74) is 4.50. The Kier molecular flexibility index (Phi) is 25.7. The predicted molar refractivity (Wildman–Crippen MR) is 87.5 cm³/mol. The van der Waals surface area contributed by atoms with Crippen molar-refractivity contribution < 1.29 is 5.11 Å². The molecule has 0 saturated heterocycles. The highest BCUT2D eigenvalue weighted by Crippen LogP contribution is 2.12. The molecule has 0 bridgehead atoms. The van der Waals surface area contributed by atoms with Crippen LogP contribution in [0.4, 0.5) is 0 Å². The van der Waals surface area contributed by atoms with Gasteiger partial charge in [-0.3, -0.25) is 0 Å². The summed E-state index contributed by atoms with van der Waals surface area (Å²) < 4.78 is 0. The molecule has 0 radical (unpaired) electrons. The number of aliphatic hydroxyl groups is 1. The molecule has 3 N–H and O–H groups in total. The van der Waals surface area contributed by atoms with Crippen LogP contribution in [0.25, 0.3) is 0 Å². The molecule has 0 aromatic carbocycles. The van der Waals surface area contributed by atoms with Gasteiger partial charge in [-0.1, -0.05) is 90.4 Å².